The molecule has 0 bridgehead atoms. The lowest BCUT2D eigenvalue weighted by Gasteiger charge is -2.28. The molecule has 1 aliphatic rings. The molecule has 4 rings (SSSR count). The topological polar surface area (TPSA) is 78.1 Å². The van der Waals surface area contributed by atoms with Gasteiger partial charge in [0.05, 0.1) is 17.4 Å². The number of aromatic amines is 1. The van der Waals surface area contributed by atoms with Crippen LogP contribution in [0.15, 0.2) is 59.4 Å². The smallest absolute Gasteiger partial charge is 0.258 e. The summed E-state index contributed by atoms with van der Waals surface area (Å²) in [5.74, 6) is 0.658. The van der Waals surface area contributed by atoms with Gasteiger partial charge in [0.2, 0.25) is 5.91 Å². The number of fused-ring (bicyclic) bond motifs is 1. The Labute approximate surface area is 150 Å². The average molecular weight is 348 g/mol. The van der Waals surface area contributed by atoms with Crippen molar-refractivity contribution in [1.82, 2.24) is 20.2 Å². The Bertz CT molecular complexity index is 984. The van der Waals surface area contributed by atoms with Gasteiger partial charge in [0, 0.05) is 25.6 Å². The van der Waals surface area contributed by atoms with Gasteiger partial charge in [0.15, 0.2) is 0 Å². The molecule has 3 aromatic rings. The van der Waals surface area contributed by atoms with E-state index in [9.17, 15) is 9.59 Å². The Morgan fingerprint density at radius 3 is 2.65 bits per heavy atom. The first-order chi connectivity index (χ1) is 12.7. The third-order valence-corrected chi connectivity index (χ3v) is 4.74. The maximum atomic E-state index is 12.3. The van der Waals surface area contributed by atoms with Gasteiger partial charge in [-0.2, -0.15) is 0 Å². The van der Waals surface area contributed by atoms with Crippen LogP contribution in [-0.2, 0) is 11.3 Å². The first kappa shape index (κ1) is 16.5. The number of amides is 1. The molecule has 1 amide bonds. The van der Waals surface area contributed by atoms with Gasteiger partial charge >= 0.3 is 0 Å². The fourth-order valence-corrected chi connectivity index (χ4v) is 3.47. The molecule has 0 saturated carbocycles. The van der Waals surface area contributed by atoms with Crippen molar-refractivity contribution in [2.75, 3.05) is 13.1 Å². The molecule has 2 N–H and O–H groups in total. The van der Waals surface area contributed by atoms with E-state index in [1.54, 1.807) is 6.07 Å². The highest BCUT2D eigenvalue weighted by molar-refractivity contribution is 5.77. The predicted octanol–water partition coefficient (Wildman–Crippen LogP) is 1.99. The molecule has 0 unspecified atom stereocenters. The molecule has 0 aliphatic carbocycles. The number of rotatable bonds is 3. The van der Waals surface area contributed by atoms with Gasteiger partial charge in [-0.15, -0.1) is 0 Å². The van der Waals surface area contributed by atoms with E-state index < -0.39 is 0 Å². The average Bonchev–Trinajstić information content (AvgIpc) is 2.84. The van der Waals surface area contributed by atoms with Crippen molar-refractivity contribution in [3.05, 3.63) is 76.3 Å². The SMILES string of the molecule is O=C1C[C@@H](c2ccccc2)N(Cc2nc3ccccc3c(=O)[nH]2)CCN1. The molecule has 1 fully saturated rings. The Kier molecular flexibility index (Phi) is 4.50. The summed E-state index contributed by atoms with van der Waals surface area (Å²) < 4.78 is 0. The summed E-state index contributed by atoms with van der Waals surface area (Å²) in [6.45, 7) is 1.76. The largest absolute Gasteiger partial charge is 0.355 e. The van der Waals surface area contributed by atoms with Crippen LogP contribution < -0.4 is 10.9 Å². The zero-order valence-electron chi connectivity index (χ0n) is 14.3. The molecule has 1 atom stereocenters. The van der Waals surface area contributed by atoms with Gasteiger partial charge in [0.25, 0.3) is 5.56 Å². The number of hydrogen-bond donors (Lipinski definition) is 2. The fraction of sp³-hybridized carbons (Fsp3) is 0.250. The Morgan fingerprint density at radius 1 is 1.04 bits per heavy atom. The molecule has 1 saturated heterocycles. The number of carbonyl (C=O) groups excluding carboxylic acids is 1. The molecular weight excluding hydrogens is 328 g/mol. The molecule has 6 nitrogen and oxygen atoms in total. The van der Waals surface area contributed by atoms with E-state index in [4.69, 9.17) is 0 Å². The quantitative estimate of drug-likeness (QED) is 0.759. The molecule has 0 spiro atoms. The van der Waals surface area contributed by atoms with Crippen LogP contribution in [0, 0.1) is 0 Å². The third-order valence-electron chi connectivity index (χ3n) is 4.74. The number of nitrogens with one attached hydrogen (secondary N) is 2. The number of para-hydroxylation sites is 1. The molecule has 0 radical (unpaired) electrons. The molecule has 2 aromatic carbocycles. The molecule has 26 heavy (non-hydrogen) atoms. The van der Waals surface area contributed by atoms with E-state index in [1.807, 2.05) is 48.5 Å². The number of benzene rings is 2. The van der Waals surface area contributed by atoms with Gasteiger partial charge in [-0.3, -0.25) is 14.5 Å². The summed E-state index contributed by atoms with van der Waals surface area (Å²) in [5, 5.41) is 3.51. The number of H-pyrrole nitrogens is 1. The Hall–Kier alpha value is -2.99. The molecule has 1 aliphatic heterocycles. The lowest BCUT2D eigenvalue weighted by Crippen LogP contribution is -2.32. The maximum absolute atomic E-state index is 12.3. The second kappa shape index (κ2) is 7.09. The Balaban J connectivity index is 1.68. The second-order valence-electron chi connectivity index (χ2n) is 6.48. The van der Waals surface area contributed by atoms with Crippen LogP contribution in [0.5, 0.6) is 0 Å². The third kappa shape index (κ3) is 3.36. The van der Waals surface area contributed by atoms with Crippen molar-refractivity contribution in [1.29, 1.82) is 0 Å². The van der Waals surface area contributed by atoms with Crippen molar-refractivity contribution in [2.45, 2.75) is 19.0 Å². The highest BCUT2D eigenvalue weighted by Gasteiger charge is 2.26. The van der Waals surface area contributed by atoms with E-state index in [-0.39, 0.29) is 17.5 Å². The predicted molar refractivity (Wildman–Crippen MR) is 99.6 cm³/mol. The monoisotopic (exact) mass is 348 g/mol. The summed E-state index contributed by atoms with van der Waals surface area (Å²) in [7, 11) is 0. The van der Waals surface area contributed by atoms with Crippen molar-refractivity contribution in [3.63, 3.8) is 0 Å². The van der Waals surface area contributed by atoms with Crippen LogP contribution in [0.2, 0.25) is 0 Å². The zero-order chi connectivity index (χ0) is 17.9. The summed E-state index contributed by atoms with van der Waals surface area (Å²) in [6.07, 6.45) is 0.391. The van der Waals surface area contributed by atoms with Gasteiger partial charge in [-0.05, 0) is 17.7 Å². The summed E-state index contributed by atoms with van der Waals surface area (Å²) in [4.78, 5) is 34.1. The minimum absolute atomic E-state index is 0.0429. The lowest BCUT2D eigenvalue weighted by atomic mass is 10.0. The number of nitrogens with zero attached hydrogens (tertiary/aromatic N) is 2. The van der Waals surface area contributed by atoms with Crippen LogP contribution in [0.25, 0.3) is 10.9 Å². The lowest BCUT2D eigenvalue weighted by molar-refractivity contribution is -0.121. The van der Waals surface area contributed by atoms with Crippen molar-refractivity contribution >= 4 is 16.8 Å². The minimum Gasteiger partial charge on any atom is -0.355 e. The van der Waals surface area contributed by atoms with Crippen molar-refractivity contribution in [3.8, 4) is 0 Å². The van der Waals surface area contributed by atoms with Crippen molar-refractivity contribution in [2.24, 2.45) is 0 Å². The summed E-state index contributed by atoms with van der Waals surface area (Å²) in [5.41, 5.74) is 1.64. The van der Waals surface area contributed by atoms with Gasteiger partial charge in [-0.25, -0.2) is 4.98 Å². The number of aromatic nitrogens is 2. The zero-order valence-corrected chi connectivity index (χ0v) is 14.3. The molecule has 132 valence electrons. The van der Waals surface area contributed by atoms with Crippen LogP contribution in [0.4, 0.5) is 0 Å². The Morgan fingerprint density at radius 2 is 1.81 bits per heavy atom. The normalized spacial score (nSPS) is 18.5. The standard InChI is InChI=1S/C20H20N4O2/c25-19-12-17(14-6-2-1-3-7-14)24(11-10-21-19)13-18-22-16-9-5-4-8-15(16)20(26)23-18/h1-9,17H,10-13H2,(H,21,25)(H,22,23,26)/t17-/m0/s1. The van der Waals surface area contributed by atoms with E-state index in [0.717, 1.165) is 5.56 Å². The fourth-order valence-electron chi connectivity index (χ4n) is 3.47. The van der Waals surface area contributed by atoms with E-state index in [1.165, 1.54) is 0 Å². The van der Waals surface area contributed by atoms with Gasteiger partial charge < -0.3 is 10.3 Å². The van der Waals surface area contributed by atoms with Gasteiger partial charge in [-0.1, -0.05) is 42.5 Å². The number of carbonyl (C=O) groups is 1. The van der Waals surface area contributed by atoms with Crippen LogP contribution >= 0.6 is 0 Å². The van der Waals surface area contributed by atoms with Crippen LogP contribution in [0.3, 0.4) is 0 Å². The molecule has 1 aromatic heterocycles. The first-order valence-electron chi connectivity index (χ1n) is 8.74. The van der Waals surface area contributed by atoms with E-state index in [0.29, 0.717) is 42.8 Å². The minimum atomic E-state index is -0.133. The van der Waals surface area contributed by atoms with Crippen LogP contribution in [-0.4, -0.2) is 33.9 Å². The first-order valence-corrected chi connectivity index (χ1v) is 8.74. The highest BCUT2D eigenvalue weighted by Crippen LogP contribution is 2.26. The second-order valence-corrected chi connectivity index (χ2v) is 6.48. The van der Waals surface area contributed by atoms with E-state index >= 15 is 0 Å². The summed E-state index contributed by atoms with van der Waals surface area (Å²) in [6, 6.07) is 17.3. The highest BCUT2D eigenvalue weighted by atomic mass is 16.1. The van der Waals surface area contributed by atoms with Crippen LogP contribution in [0.1, 0.15) is 23.9 Å². The van der Waals surface area contributed by atoms with Crippen molar-refractivity contribution < 1.29 is 4.79 Å². The molecular formula is C20H20N4O2. The molecule has 6 heteroatoms. The van der Waals surface area contributed by atoms with Gasteiger partial charge in [0.1, 0.15) is 5.82 Å². The number of hydrogen-bond acceptors (Lipinski definition) is 4. The molecule has 2 heterocycles. The van der Waals surface area contributed by atoms with E-state index in [2.05, 4.69) is 20.2 Å². The maximum Gasteiger partial charge on any atom is 0.258 e. The summed E-state index contributed by atoms with van der Waals surface area (Å²) >= 11 is 0.